The summed E-state index contributed by atoms with van der Waals surface area (Å²) < 4.78 is 3.30. The van der Waals surface area contributed by atoms with Crippen molar-refractivity contribution in [2.75, 3.05) is 52.9 Å². The van der Waals surface area contributed by atoms with E-state index in [4.69, 9.17) is 28.2 Å². The molecule has 0 fully saturated rings. The van der Waals surface area contributed by atoms with E-state index in [1.54, 1.807) is 27.6 Å². The van der Waals surface area contributed by atoms with Gasteiger partial charge in [-0.1, -0.05) is 12.1 Å². The summed E-state index contributed by atoms with van der Waals surface area (Å²) >= 11 is 14.3. The van der Waals surface area contributed by atoms with Gasteiger partial charge in [0.05, 0.1) is 22.0 Å². The number of aromatic nitrogens is 3. The first-order valence-electron chi connectivity index (χ1n) is 12.7. The van der Waals surface area contributed by atoms with Crippen LogP contribution in [0.25, 0.3) is 17.0 Å². The normalized spacial score (nSPS) is 12.8. The fraction of sp³-hybridized carbons (Fsp3) is 0.321. The van der Waals surface area contributed by atoms with E-state index in [9.17, 15) is 9.59 Å². The predicted octanol–water partition coefficient (Wildman–Crippen LogP) is 7.24. The Labute approximate surface area is 258 Å². The lowest BCUT2D eigenvalue weighted by Crippen LogP contribution is -2.27. The van der Waals surface area contributed by atoms with E-state index in [-0.39, 0.29) is 17.2 Å². The van der Waals surface area contributed by atoms with Gasteiger partial charge in [-0.2, -0.15) is 7.20 Å². The molecule has 2 amide bonds. The van der Waals surface area contributed by atoms with Gasteiger partial charge in [0.1, 0.15) is 0 Å². The number of imidazole rings is 1. The number of nitrogens with one attached hydrogen (secondary N) is 2. The van der Waals surface area contributed by atoms with Crippen LogP contribution in [-0.2, 0) is 4.79 Å². The second kappa shape index (κ2) is 13.1. The summed E-state index contributed by atoms with van der Waals surface area (Å²) in [6.07, 6.45) is 7.78. The molecule has 2 aromatic carbocycles. The van der Waals surface area contributed by atoms with Gasteiger partial charge in [0.15, 0.2) is 0 Å². The third-order valence-corrected chi connectivity index (χ3v) is 11.2. The summed E-state index contributed by atoms with van der Waals surface area (Å²) in [7, 11) is -1.08. The number of carbonyl (C=O) groups is 2. The third-order valence-electron chi connectivity index (χ3n) is 6.67. The number of amides is 2. The van der Waals surface area contributed by atoms with Gasteiger partial charge in [-0.05, 0) is 89.5 Å². The number of carbonyl (C=O) groups excluding carboxylic acids is 2. The Balaban J connectivity index is 1.63. The summed E-state index contributed by atoms with van der Waals surface area (Å²) in [5, 5.41) is 5.89. The zero-order valence-corrected chi connectivity index (χ0v) is 27.3. The van der Waals surface area contributed by atoms with Gasteiger partial charge < -0.3 is 15.5 Å². The van der Waals surface area contributed by atoms with Crippen molar-refractivity contribution < 1.29 is 9.59 Å². The molecular weight excluding hydrogens is 682 g/mol. The van der Waals surface area contributed by atoms with E-state index < -0.39 is 7.20 Å². The third kappa shape index (κ3) is 6.89. The summed E-state index contributed by atoms with van der Waals surface area (Å²) in [5.74, 6) is 1.37. The van der Waals surface area contributed by atoms with Gasteiger partial charge in [0, 0.05) is 48.6 Å². The van der Waals surface area contributed by atoms with Crippen LogP contribution in [-0.4, -0.2) is 68.7 Å². The standard InChI is InChI=1S/C28H33Cl2IN6O2S/c1-19-6-5-7-24-25(19)34-27(36-15-12-22(18-36)32-26(38)20(2)40(3,4)31)37(24)28(39)33-21-8-10-23(11-9-21)35(16-13-29)17-14-30/h5-12,15,18,20H,13-14,16-17H2,1-4H3,(H,32,38)(H,33,39). The Morgan fingerprint density at radius 1 is 1.02 bits per heavy atom. The second-order valence-electron chi connectivity index (χ2n) is 9.75. The van der Waals surface area contributed by atoms with Crippen LogP contribution in [0.3, 0.4) is 0 Å². The van der Waals surface area contributed by atoms with Crippen molar-refractivity contribution in [2.45, 2.75) is 19.1 Å². The molecule has 40 heavy (non-hydrogen) atoms. The van der Waals surface area contributed by atoms with E-state index in [0.717, 1.165) is 16.8 Å². The summed E-state index contributed by atoms with van der Waals surface area (Å²) in [5.41, 5.74) is 4.63. The molecule has 2 heterocycles. The number of hydrogen-bond acceptors (Lipinski definition) is 4. The molecular formula is C28H33Cl2IN6O2S. The van der Waals surface area contributed by atoms with E-state index in [1.807, 2.05) is 56.3 Å². The molecule has 4 aromatic rings. The maximum Gasteiger partial charge on any atom is 0.333 e. The fourth-order valence-corrected chi connectivity index (χ4v) is 5.87. The van der Waals surface area contributed by atoms with E-state index >= 15 is 0 Å². The quantitative estimate of drug-likeness (QED) is 0.134. The van der Waals surface area contributed by atoms with Crippen molar-refractivity contribution in [1.29, 1.82) is 0 Å². The Morgan fingerprint density at radius 2 is 1.70 bits per heavy atom. The molecule has 1 unspecified atom stereocenters. The maximum atomic E-state index is 13.7. The SMILES string of the molecule is Cc1cccc2c1nc(-n1ccc(NC(=O)C(C)S(C)(C)I)c1)n2C(=O)Nc1ccc(N(CCCl)CCCl)cc1. The summed E-state index contributed by atoms with van der Waals surface area (Å²) in [4.78, 5) is 33.4. The molecule has 0 saturated carbocycles. The molecule has 12 heteroatoms. The Morgan fingerprint density at radius 3 is 2.33 bits per heavy atom. The second-order valence-corrected chi connectivity index (χ2v) is 20.6. The topological polar surface area (TPSA) is 84.2 Å². The number of anilines is 3. The fourth-order valence-electron chi connectivity index (χ4n) is 4.20. The van der Waals surface area contributed by atoms with Crippen molar-refractivity contribution in [3.63, 3.8) is 0 Å². The van der Waals surface area contributed by atoms with Crippen molar-refractivity contribution in [3.8, 4) is 5.95 Å². The largest absolute Gasteiger partial charge is 0.369 e. The lowest BCUT2D eigenvalue weighted by atomic mass is 10.2. The lowest BCUT2D eigenvalue weighted by Gasteiger charge is -2.29. The van der Waals surface area contributed by atoms with Crippen LogP contribution in [0.1, 0.15) is 12.5 Å². The van der Waals surface area contributed by atoms with Crippen molar-refractivity contribution in [3.05, 3.63) is 66.5 Å². The molecule has 214 valence electrons. The average molecular weight is 715 g/mol. The zero-order valence-electron chi connectivity index (χ0n) is 22.8. The predicted molar refractivity (Wildman–Crippen MR) is 180 cm³/mol. The van der Waals surface area contributed by atoms with Gasteiger partial charge in [-0.15, -0.1) is 23.2 Å². The minimum absolute atomic E-state index is 0.0339. The van der Waals surface area contributed by atoms with E-state index in [2.05, 4.69) is 49.3 Å². The smallest absolute Gasteiger partial charge is 0.333 e. The van der Waals surface area contributed by atoms with Gasteiger partial charge in [0.2, 0.25) is 11.9 Å². The molecule has 0 aliphatic heterocycles. The molecule has 2 N–H and O–H groups in total. The highest BCUT2D eigenvalue weighted by atomic mass is 127. The minimum atomic E-state index is -1.08. The van der Waals surface area contributed by atoms with Gasteiger partial charge >= 0.3 is 6.03 Å². The first kappa shape index (κ1) is 30.5. The lowest BCUT2D eigenvalue weighted by molar-refractivity contribution is -0.115. The molecule has 0 aliphatic rings. The van der Waals surface area contributed by atoms with Crippen LogP contribution in [0, 0.1) is 6.92 Å². The summed E-state index contributed by atoms with van der Waals surface area (Å²) in [6, 6.07) is 14.8. The first-order valence-corrected chi connectivity index (χ1v) is 18.8. The summed E-state index contributed by atoms with van der Waals surface area (Å²) in [6.45, 7) is 5.27. The average Bonchev–Trinajstić information content (AvgIpc) is 3.53. The van der Waals surface area contributed by atoms with Crippen LogP contribution >= 0.6 is 51.6 Å². The molecule has 1 atom stereocenters. The molecule has 2 aromatic heterocycles. The van der Waals surface area contributed by atoms with Crippen LogP contribution in [0.2, 0.25) is 0 Å². The van der Waals surface area contributed by atoms with Crippen LogP contribution in [0.4, 0.5) is 21.9 Å². The number of fused-ring (bicyclic) bond motifs is 1. The molecule has 8 nitrogen and oxygen atoms in total. The number of alkyl halides is 2. The number of aryl methyl sites for hydroxylation is 1. The molecule has 0 saturated heterocycles. The highest BCUT2D eigenvalue weighted by Crippen LogP contribution is 2.53. The number of halogens is 3. The Bertz CT molecular complexity index is 1490. The van der Waals surface area contributed by atoms with E-state index in [0.29, 0.717) is 47.7 Å². The monoisotopic (exact) mass is 714 g/mol. The number of para-hydroxylation sites is 1. The molecule has 0 bridgehead atoms. The van der Waals surface area contributed by atoms with Crippen molar-refractivity contribution in [2.24, 2.45) is 0 Å². The first-order chi connectivity index (χ1) is 19.0. The zero-order chi connectivity index (χ0) is 29.0. The van der Waals surface area contributed by atoms with Crippen LogP contribution in [0.15, 0.2) is 60.9 Å². The highest BCUT2D eigenvalue weighted by molar-refractivity contribution is 14.2. The molecule has 0 aliphatic carbocycles. The van der Waals surface area contributed by atoms with E-state index in [1.165, 1.54) is 0 Å². The minimum Gasteiger partial charge on any atom is -0.369 e. The van der Waals surface area contributed by atoms with Gasteiger partial charge in [-0.25, -0.2) is 14.3 Å². The number of hydrogen-bond donors (Lipinski definition) is 2. The maximum absolute atomic E-state index is 13.7. The molecule has 0 spiro atoms. The highest BCUT2D eigenvalue weighted by Gasteiger charge is 2.25. The van der Waals surface area contributed by atoms with Gasteiger partial charge in [-0.3, -0.25) is 9.36 Å². The van der Waals surface area contributed by atoms with Crippen molar-refractivity contribution in [1.82, 2.24) is 14.1 Å². The number of rotatable bonds is 10. The van der Waals surface area contributed by atoms with Crippen LogP contribution < -0.4 is 15.5 Å². The van der Waals surface area contributed by atoms with Crippen LogP contribution in [0.5, 0.6) is 0 Å². The Kier molecular flexibility index (Phi) is 9.97. The number of nitrogens with zero attached hydrogens (tertiary/aromatic N) is 4. The number of benzene rings is 2. The van der Waals surface area contributed by atoms with Gasteiger partial charge in [0.25, 0.3) is 0 Å². The molecule has 0 radical (unpaired) electrons. The van der Waals surface area contributed by atoms with Crippen molar-refractivity contribution >= 4 is 91.6 Å². The Hall–Kier alpha value is -2.41. The molecule has 4 rings (SSSR count).